The zero-order chi connectivity index (χ0) is 16.4. The van der Waals surface area contributed by atoms with Gasteiger partial charge in [-0.1, -0.05) is 19.9 Å². The summed E-state index contributed by atoms with van der Waals surface area (Å²) >= 11 is 0. The summed E-state index contributed by atoms with van der Waals surface area (Å²) in [6, 6.07) is 13.6. The van der Waals surface area contributed by atoms with Gasteiger partial charge in [0.2, 0.25) is 0 Å². The molecule has 0 unspecified atom stereocenters. The summed E-state index contributed by atoms with van der Waals surface area (Å²) in [6.45, 7) is 3.78. The summed E-state index contributed by atoms with van der Waals surface area (Å²) < 4.78 is 6.97. The van der Waals surface area contributed by atoms with Gasteiger partial charge in [0.05, 0.1) is 19.2 Å². The number of aromatic nitrogens is 3. The van der Waals surface area contributed by atoms with E-state index in [1.807, 2.05) is 56.3 Å². The van der Waals surface area contributed by atoms with Gasteiger partial charge in [-0.3, -0.25) is 4.79 Å². The largest absolute Gasteiger partial charge is 0.497 e. The highest BCUT2D eigenvalue weighted by Gasteiger charge is 2.14. The third kappa shape index (κ3) is 3.08. The summed E-state index contributed by atoms with van der Waals surface area (Å²) in [5.74, 6) is 1.50. The van der Waals surface area contributed by atoms with Gasteiger partial charge in [-0.15, -0.1) is 0 Å². The summed E-state index contributed by atoms with van der Waals surface area (Å²) in [5, 5.41) is 4.51. The molecule has 0 aliphatic rings. The van der Waals surface area contributed by atoms with E-state index in [1.54, 1.807) is 11.6 Å². The predicted molar refractivity (Wildman–Crippen MR) is 88.5 cm³/mol. The number of pyridine rings is 1. The van der Waals surface area contributed by atoms with Crippen LogP contribution in [-0.4, -0.2) is 27.5 Å². The molecule has 0 bridgehead atoms. The number of hydrogen-bond acceptors (Lipinski definition) is 4. The highest BCUT2D eigenvalue weighted by Crippen LogP contribution is 2.23. The minimum absolute atomic E-state index is 0.0114. The SMILES string of the molecule is COc1ccc(-c2cccc3nc(CC(=O)C(C)C)nn23)cc1. The van der Waals surface area contributed by atoms with Crippen LogP contribution < -0.4 is 4.74 Å². The molecule has 5 heteroatoms. The second-order valence-electron chi connectivity index (χ2n) is 5.74. The first kappa shape index (κ1) is 15.2. The fourth-order valence-corrected chi connectivity index (χ4v) is 2.36. The standard InChI is InChI=1S/C18H19N3O2/c1-12(2)16(22)11-17-19-18-6-4-5-15(21(18)20-17)13-7-9-14(23-3)10-8-13/h4-10,12H,11H2,1-3H3. The lowest BCUT2D eigenvalue weighted by Gasteiger charge is -2.05. The molecule has 5 nitrogen and oxygen atoms in total. The number of fused-ring (bicyclic) bond motifs is 1. The molecule has 0 saturated heterocycles. The first-order chi connectivity index (χ1) is 11.1. The first-order valence-corrected chi connectivity index (χ1v) is 7.60. The van der Waals surface area contributed by atoms with Crippen molar-refractivity contribution in [2.75, 3.05) is 7.11 Å². The molecule has 0 saturated carbocycles. The zero-order valence-electron chi connectivity index (χ0n) is 13.5. The van der Waals surface area contributed by atoms with Crippen molar-refractivity contribution in [2.45, 2.75) is 20.3 Å². The zero-order valence-corrected chi connectivity index (χ0v) is 13.5. The van der Waals surface area contributed by atoms with Crippen molar-refractivity contribution in [2.24, 2.45) is 5.92 Å². The number of ether oxygens (including phenoxy) is 1. The van der Waals surface area contributed by atoms with Gasteiger partial charge in [-0.2, -0.15) is 5.10 Å². The number of carbonyl (C=O) groups excluding carboxylic acids is 1. The maximum absolute atomic E-state index is 11.9. The Labute approximate surface area is 134 Å². The molecule has 0 N–H and O–H groups in total. The number of ketones is 1. The minimum Gasteiger partial charge on any atom is -0.497 e. The Morgan fingerprint density at radius 1 is 1.17 bits per heavy atom. The fraction of sp³-hybridized carbons (Fsp3) is 0.278. The number of carbonyl (C=O) groups is 1. The molecule has 3 rings (SSSR count). The highest BCUT2D eigenvalue weighted by atomic mass is 16.5. The van der Waals surface area contributed by atoms with Crippen LogP contribution in [-0.2, 0) is 11.2 Å². The van der Waals surface area contributed by atoms with E-state index in [1.165, 1.54) is 0 Å². The third-order valence-corrected chi connectivity index (χ3v) is 3.77. The van der Waals surface area contributed by atoms with Crippen molar-refractivity contribution >= 4 is 11.4 Å². The summed E-state index contributed by atoms with van der Waals surface area (Å²) in [7, 11) is 1.64. The normalized spacial score (nSPS) is 11.1. The Kier molecular flexibility index (Phi) is 4.10. The second-order valence-corrected chi connectivity index (χ2v) is 5.74. The van der Waals surface area contributed by atoms with Crippen molar-refractivity contribution in [3.05, 3.63) is 48.3 Å². The van der Waals surface area contributed by atoms with Crippen LogP contribution in [0.3, 0.4) is 0 Å². The van der Waals surface area contributed by atoms with Crippen molar-refractivity contribution in [1.82, 2.24) is 14.6 Å². The molecular formula is C18H19N3O2. The third-order valence-electron chi connectivity index (χ3n) is 3.77. The molecule has 118 valence electrons. The summed E-state index contributed by atoms with van der Waals surface area (Å²) in [4.78, 5) is 16.4. The van der Waals surface area contributed by atoms with E-state index in [0.29, 0.717) is 5.82 Å². The van der Waals surface area contributed by atoms with Gasteiger partial charge in [-0.05, 0) is 36.4 Å². The number of rotatable bonds is 5. The molecule has 1 aromatic carbocycles. The van der Waals surface area contributed by atoms with Crippen molar-refractivity contribution in [3.8, 4) is 17.0 Å². The second kappa shape index (κ2) is 6.20. The number of methoxy groups -OCH3 is 1. The van der Waals surface area contributed by atoms with E-state index in [4.69, 9.17) is 4.74 Å². The smallest absolute Gasteiger partial charge is 0.159 e. The van der Waals surface area contributed by atoms with E-state index in [9.17, 15) is 4.79 Å². The van der Waals surface area contributed by atoms with Gasteiger partial charge < -0.3 is 4.74 Å². The number of nitrogens with zero attached hydrogens (tertiary/aromatic N) is 3. The summed E-state index contributed by atoms with van der Waals surface area (Å²) in [6.07, 6.45) is 0.265. The van der Waals surface area contributed by atoms with Gasteiger partial charge >= 0.3 is 0 Å². The Morgan fingerprint density at radius 2 is 1.91 bits per heavy atom. The molecular weight excluding hydrogens is 290 g/mol. The maximum Gasteiger partial charge on any atom is 0.159 e. The number of hydrogen-bond donors (Lipinski definition) is 0. The maximum atomic E-state index is 11.9. The topological polar surface area (TPSA) is 56.5 Å². The van der Waals surface area contributed by atoms with Gasteiger partial charge in [0.1, 0.15) is 11.5 Å². The number of Topliss-reactive ketones (excluding diaryl/α,β-unsaturated/α-hetero) is 1. The Balaban J connectivity index is 2.00. The van der Waals surface area contributed by atoms with Gasteiger partial charge in [0, 0.05) is 11.5 Å². The van der Waals surface area contributed by atoms with E-state index in [-0.39, 0.29) is 18.1 Å². The number of benzene rings is 1. The molecule has 3 aromatic rings. The average molecular weight is 309 g/mol. The van der Waals surface area contributed by atoms with Crippen LogP contribution in [0.5, 0.6) is 5.75 Å². The fourth-order valence-electron chi connectivity index (χ4n) is 2.36. The monoisotopic (exact) mass is 309 g/mol. The molecule has 0 fully saturated rings. The van der Waals surface area contributed by atoms with Crippen molar-refractivity contribution in [1.29, 1.82) is 0 Å². The van der Waals surface area contributed by atoms with E-state index in [2.05, 4.69) is 10.1 Å². The van der Waals surface area contributed by atoms with Crippen LogP contribution in [0.25, 0.3) is 16.9 Å². The molecule has 0 spiro atoms. The van der Waals surface area contributed by atoms with E-state index in [0.717, 1.165) is 22.7 Å². The van der Waals surface area contributed by atoms with Crippen LogP contribution >= 0.6 is 0 Å². The molecule has 2 aromatic heterocycles. The Morgan fingerprint density at radius 3 is 2.57 bits per heavy atom. The van der Waals surface area contributed by atoms with E-state index >= 15 is 0 Å². The molecule has 0 amide bonds. The molecule has 0 radical (unpaired) electrons. The lowest BCUT2D eigenvalue weighted by Crippen LogP contribution is -2.11. The molecule has 0 atom stereocenters. The quantitative estimate of drug-likeness (QED) is 0.726. The van der Waals surface area contributed by atoms with Crippen molar-refractivity contribution < 1.29 is 9.53 Å². The lowest BCUT2D eigenvalue weighted by atomic mass is 10.1. The molecule has 0 aliphatic heterocycles. The Hall–Kier alpha value is -2.69. The van der Waals surface area contributed by atoms with Crippen LogP contribution in [0, 0.1) is 5.92 Å². The van der Waals surface area contributed by atoms with Crippen LogP contribution in [0.1, 0.15) is 19.7 Å². The molecule has 2 heterocycles. The summed E-state index contributed by atoms with van der Waals surface area (Å²) in [5.41, 5.74) is 2.69. The van der Waals surface area contributed by atoms with Crippen LogP contribution in [0.4, 0.5) is 0 Å². The average Bonchev–Trinajstić information content (AvgIpc) is 2.97. The van der Waals surface area contributed by atoms with Crippen molar-refractivity contribution in [3.63, 3.8) is 0 Å². The van der Waals surface area contributed by atoms with Gasteiger partial charge in [0.15, 0.2) is 11.5 Å². The molecule has 0 aliphatic carbocycles. The Bertz CT molecular complexity index is 835. The van der Waals surface area contributed by atoms with Crippen LogP contribution in [0.2, 0.25) is 0 Å². The highest BCUT2D eigenvalue weighted by molar-refractivity contribution is 5.82. The first-order valence-electron chi connectivity index (χ1n) is 7.60. The predicted octanol–water partition coefficient (Wildman–Crippen LogP) is 3.17. The van der Waals surface area contributed by atoms with Gasteiger partial charge in [0.25, 0.3) is 0 Å². The van der Waals surface area contributed by atoms with Gasteiger partial charge in [-0.25, -0.2) is 9.50 Å². The van der Waals surface area contributed by atoms with Crippen LogP contribution in [0.15, 0.2) is 42.5 Å². The lowest BCUT2D eigenvalue weighted by molar-refractivity contribution is -0.121. The molecule has 23 heavy (non-hydrogen) atoms. The van der Waals surface area contributed by atoms with E-state index < -0.39 is 0 Å². The minimum atomic E-state index is -0.0114.